The molecule has 0 saturated carbocycles. The van der Waals surface area contributed by atoms with Crippen molar-refractivity contribution in [2.75, 3.05) is 12.4 Å². The van der Waals surface area contributed by atoms with Gasteiger partial charge in [0, 0.05) is 6.42 Å². The molecular formula is C13H15N3O4. The Hall–Kier alpha value is -2.57. The maximum atomic E-state index is 11.8. The molecule has 2 rings (SSSR count). The number of carbonyl (C=O) groups is 3. The Morgan fingerprint density at radius 3 is 2.80 bits per heavy atom. The van der Waals surface area contributed by atoms with Crippen molar-refractivity contribution >= 4 is 23.5 Å². The number of piperidine rings is 1. The Morgan fingerprint density at radius 1 is 1.35 bits per heavy atom. The van der Waals surface area contributed by atoms with Crippen LogP contribution in [0.4, 0.5) is 10.5 Å². The highest BCUT2D eigenvalue weighted by Gasteiger charge is 2.27. The Kier molecular flexibility index (Phi) is 4.19. The van der Waals surface area contributed by atoms with Crippen molar-refractivity contribution in [3.63, 3.8) is 0 Å². The van der Waals surface area contributed by atoms with Crippen molar-refractivity contribution in [3.8, 4) is 5.75 Å². The number of amides is 4. The van der Waals surface area contributed by atoms with E-state index in [4.69, 9.17) is 4.74 Å². The lowest BCUT2D eigenvalue weighted by atomic mass is 10.1. The minimum atomic E-state index is -0.706. The molecule has 1 aliphatic rings. The quantitative estimate of drug-likeness (QED) is 0.706. The summed E-state index contributed by atoms with van der Waals surface area (Å²) in [7, 11) is 1.50. The van der Waals surface area contributed by atoms with Gasteiger partial charge in [-0.25, -0.2) is 4.79 Å². The zero-order chi connectivity index (χ0) is 14.5. The lowest BCUT2D eigenvalue weighted by Gasteiger charge is -2.22. The third-order valence-corrected chi connectivity index (χ3v) is 2.90. The minimum Gasteiger partial charge on any atom is -0.495 e. The Balaban J connectivity index is 1.95. The average Bonchev–Trinajstić information content (AvgIpc) is 2.42. The molecule has 3 N–H and O–H groups in total. The van der Waals surface area contributed by atoms with Gasteiger partial charge in [-0.05, 0) is 18.6 Å². The van der Waals surface area contributed by atoms with Crippen molar-refractivity contribution in [2.45, 2.75) is 18.9 Å². The molecular weight excluding hydrogens is 262 g/mol. The molecule has 20 heavy (non-hydrogen) atoms. The highest BCUT2D eigenvalue weighted by atomic mass is 16.5. The van der Waals surface area contributed by atoms with Crippen molar-refractivity contribution < 1.29 is 19.1 Å². The van der Waals surface area contributed by atoms with Gasteiger partial charge in [0.2, 0.25) is 11.8 Å². The Bertz CT molecular complexity index is 544. The van der Waals surface area contributed by atoms with E-state index in [1.165, 1.54) is 7.11 Å². The highest BCUT2D eigenvalue weighted by molar-refractivity contribution is 6.02. The summed E-state index contributed by atoms with van der Waals surface area (Å²) < 4.78 is 5.10. The molecule has 1 aliphatic heterocycles. The molecule has 1 atom stereocenters. The van der Waals surface area contributed by atoms with Crippen LogP contribution < -0.4 is 20.7 Å². The second-order valence-corrected chi connectivity index (χ2v) is 4.30. The minimum absolute atomic E-state index is 0.214. The summed E-state index contributed by atoms with van der Waals surface area (Å²) in [6.07, 6.45) is 0.509. The number of carbonyl (C=O) groups excluding carboxylic acids is 3. The van der Waals surface area contributed by atoms with E-state index in [0.29, 0.717) is 17.9 Å². The first-order valence-electron chi connectivity index (χ1n) is 6.14. The topological polar surface area (TPSA) is 96.5 Å². The van der Waals surface area contributed by atoms with Crippen molar-refractivity contribution in [3.05, 3.63) is 24.3 Å². The molecule has 0 bridgehead atoms. The van der Waals surface area contributed by atoms with Crippen LogP contribution in [0.1, 0.15) is 12.8 Å². The molecule has 1 fully saturated rings. The number of nitrogens with one attached hydrogen (secondary N) is 3. The van der Waals surface area contributed by atoms with E-state index < -0.39 is 18.0 Å². The summed E-state index contributed by atoms with van der Waals surface area (Å²) in [5, 5.41) is 7.30. The van der Waals surface area contributed by atoms with Crippen LogP contribution >= 0.6 is 0 Å². The molecule has 1 aromatic rings. The number of imide groups is 1. The van der Waals surface area contributed by atoms with E-state index in [0.717, 1.165) is 0 Å². The molecule has 106 valence electrons. The fraction of sp³-hybridized carbons (Fsp3) is 0.308. The number of rotatable bonds is 3. The van der Waals surface area contributed by atoms with E-state index >= 15 is 0 Å². The summed E-state index contributed by atoms with van der Waals surface area (Å²) in [5.41, 5.74) is 0.500. The number of urea groups is 1. The van der Waals surface area contributed by atoms with Gasteiger partial charge in [0.1, 0.15) is 11.8 Å². The smallest absolute Gasteiger partial charge is 0.319 e. The lowest BCUT2D eigenvalue weighted by molar-refractivity contribution is -0.134. The number of para-hydroxylation sites is 2. The summed E-state index contributed by atoms with van der Waals surface area (Å²) in [6.45, 7) is 0. The molecule has 0 radical (unpaired) electrons. The van der Waals surface area contributed by atoms with E-state index in [1.54, 1.807) is 24.3 Å². The predicted octanol–water partition coefficient (Wildman–Crippen LogP) is 0.622. The van der Waals surface area contributed by atoms with Crippen LogP contribution in [0.2, 0.25) is 0 Å². The Labute approximate surface area is 115 Å². The van der Waals surface area contributed by atoms with E-state index in [9.17, 15) is 14.4 Å². The second-order valence-electron chi connectivity index (χ2n) is 4.30. The molecule has 7 heteroatoms. The van der Waals surface area contributed by atoms with Gasteiger partial charge in [-0.2, -0.15) is 0 Å². The van der Waals surface area contributed by atoms with Gasteiger partial charge in [-0.3, -0.25) is 14.9 Å². The van der Waals surface area contributed by atoms with Gasteiger partial charge < -0.3 is 15.4 Å². The summed E-state index contributed by atoms with van der Waals surface area (Å²) in [5.74, 6) is -0.291. The molecule has 0 spiro atoms. The molecule has 1 unspecified atom stereocenters. The second kappa shape index (κ2) is 6.05. The van der Waals surface area contributed by atoms with Crippen molar-refractivity contribution in [1.82, 2.24) is 10.6 Å². The predicted molar refractivity (Wildman–Crippen MR) is 71.3 cm³/mol. The third kappa shape index (κ3) is 3.25. The fourth-order valence-corrected chi connectivity index (χ4v) is 1.90. The first-order valence-corrected chi connectivity index (χ1v) is 6.14. The molecule has 7 nitrogen and oxygen atoms in total. The molecule has 0 aliphatic carbocycles. The van der Waals surface area contributed by atoms with Crippen LogP contribution in [-0.4, -0.2) is 31.0 Å². The lowest BCUT2D eigenvalue weighted by Crippen LogP contribution is -2.53. The number of methoxy groups -OCH3 is 1. The van der Waals surface area contributed by atoms with Gasteiger partial charge in [0.15, 0.2) is 0 Å². The number of benzene rings is 1. The maximum Gasteiger partial charge on any atom is 0.319 e. The van der Waals surface area contributed by atoms with Gasteiger partial charge in [-0.1, -0.05) is 12.1 Å². The Morgan fingerprint density at radius 2 is 2.10 bits per heavy atom. The number of ether oxygens (including phenoxy) is 1. The zero-order valence-electron chi connectivity index (χ0n) is 10.9. The van der Waals surface area contributed by atoms with Crippen LogP contribution in [0.15, 0.2) is 24.3 Å². The summed E-state index contributed by atoms with van der Waals surface area (Å²) in [6, 6.07) is 5.70. The summed E-state index contributed by atoms with van der Waals surface area (Å²) >= 11 is 0. The largest absolute Gasteiger partial charge is 0.495 e. The number of hydrogen-bond donors (Lipinski definition) is 3. The first kappa shape index (κ1) is 13.9. The van der Waals surface area contributed by atoms with Gasteiger partial charge in [-0.15, -0.1) is 0 Å². The van der Waals surface area contributed by atoms with Gasteiger partial charge in [0.25, 0.3) is 0 Å². The zero-order valence-corrected chi connectivity index (χ0v) is 10.9. The monoisotopic (exact) mass is 277 g/mol. The van der Waals surface area contributed by atoms with E-state index in [2.05, 4.69) is 16.0 Å². The van der Waals surface area contributed by atoms with Crippen LogP contribution in [-0.2, 0) is 9.59 Å². The molecule has 4 amide bonds. The number of anilines is 1. The molecule has 0 aromatic heterocycles. The van der Waals surface area contributed by atoms with Gasteiger partial charge in [0.05, 0.1) is 12.8 Å². The van der Waals surface area contributed by atoms with Crippen molar-refractivity contribution in [1.29, 1.82) is 0 Å². The summed E-state index contributed by atoms with van der Waals surface area (Å²) in [4.78, 5) is 34.4. The standard InChI is InChI=1S/C13H15N3O4/c1-20-10-5-3-2-4-8(10)14-13(19)15-9-6-7-11(17)16-12(9)18/h2-5,9H,6-7H2,1H3,(H2,14,15,19)(H,16,17,18). The SMILES string of the molecule is COc1ccccc1NC(=O)NC1CCC(=O)NC1=O. The van der Waals surface area contributed by atoms with Gasteiger partial charge >= 0.3 is 6.03 Å². The van der Waals surface area contributed by atoms with E-state index in [-0.39, 0.29) is 12.3 Å². The van der Waals surface area contributed by atoms with Crippen LogP contribution in [0.5, 0.6) is 5.75 Å². The molecule has 1 saturated heterocycles. The first-order chi connectivity index (χ1) is 9.60. The van der Waals surface area contributed by atoms with Crippen LogP contribution in [0.3, 0.4) is 0 Å². The van der Waals surface area contributed by atoms with Crippen LogP contribution in [0.25, 0.3) is 0 Å². The molecule has 1 heterocycles. The fourth-order valence-electron chi connectivity index (χ4n) is 1.90. The number of hydrogen-bond acceptors (Lipinski definition) is 4. The average molecular weight is 277 g/mol. The maximum absolute atomic E-state index is 11.8. The van der Waals surface area contributed by atoms with E-state index in [1.807, 2.05) is 0 Å². The third-order valence-electron chi connectivity index (χ3n) is 2.90. The van der Waals surface area contributed by atoms with Crippen LogP contribution in [0, 0.1) is 0 Å². The normalized spacial score (nSPS) is 18.1. The van der Waals surface area contributed by atoms with Crippen molar-refractivity contribution in [2.24, 2.45) is 0 Å². The highest BCUT2D eigenvalue weighted by Crippen LogP contribution is 2.22. The molecule has 1 aromatic carbocycles.